The number of aryl methyl sites for hydroxylation is 1. The monoisotopic (exact) mass is 432 g/mol. The lowest BCUT2D eigenvalue weighted by molar-refractivity contribution is -0.119. The quantitative estimate of drug-likeness (QED) is 0.726. The third-order valence-electron chi connectivity index (χ3n) is 4.81. The fraction of sp³-hybridized carbons (Fsp3) is 0.333. The Hall–Kier alpha value is -2.32. The molecular weight excluding hydrogens is 408 g/mol. The van der Waals surface area contributed by atoms with Crippen LogP contribution in [0.15, 0.2) is 52.3 Å². The van der Waals surface area contributed by atoms with E-state index in [1.165, 1.54) is 23.9 Å². The van der Waals surface area contributed by atoms with Gasteiger partial charge in [-0.1, -0.05) is 32.0 Å². The number of rotatable bonds is 6. The molecule has 0 unspecified atom stereocenters. The molecule has 0 radical (unpaired) electrons. The molecule has 2 aromatic rings. The Morgan fingerprint density at radius 2 is 1.97 bits per heavy atom. The van der Waals surface area contributed by atoms with Crippen LogP contribution in [0.25, 0.3) is 0 Å². The summed E-state index contributed by atoms with van der Waals surface area (Å²) in [7, 11) is -3.70. The van der Waals surface area contributed by atoms with E-state index >= 15 is 0 Å². The van der Waals surface area contributed by atoms with Gasteiger partial charge in [-0.3, -0.25) is 9.59 Å². The van der Waals surface area contributed by atoms with Crippen LogP contribution >= 0.6 is 11.8 Å². The van der Waals surface area contributed by atoms with Crippen LogP contribution in [0, 0.1) is 5.92 Å². The van der Waals surface area contributed by atoms with Gasteiger partial charge in [-0.15, -0.1) is 11.8 Å². The van der Waals surface area contributed by atoms with Gasteiger partial charge < -0.3 is 10.6 Å². The molecule has 29 heavy (non-hydrogen) atoms. The lowest BCUT2D eigenvalue weighted by Crippen LogP contribution is -2.28. The fourth-order valence-corrected chi connectivity index (χ4v) is 5.59. The van der Waals surface area contributed by atoms with Crippen molar-refractivity contribution in [1.82, 2.24) is 0 Å². The number of amides is 2. The number of carbonyl (C=O) groups excluding carboxylic acids is 2. The SMILES string of the molecule is CCc1ccccc1NC(=O)[C@@H](C)CS(=O)(=O)c1ccc2c(c1)NC(=O)[C@@H](C)S2. The molecule has 2 amide bonds. The molecule has 1 aliphatic heterocycles. The van der Waals surface area contributed by atoms with Crippen LogP contribution in [0.5, 0.6) is 0 Å². The maximum Gasteiger partial charge on any atom is 0.237 e. The zero-order chi connectivity index (χ0) is 21.2. The lowest BCUT2D eigenvalue weighted by atomic mass is 10.1. The summed E-state index contributed by atoms with van der Waals surface area (Å²) in [4.78, 5) is 25.4. The summed E-state index contributed by atoms with van der Waals surface area (Å²) >= 11 is 1.39. The van der Waals surface area contributed by atoms with Crippen molar-refractivity contribution in [2.45, 2.75) is 42.2 Å². The number of hydrogen-bond acceptors (Lipinski definition) is 5. The van der Waals surface area contributed by atoms with Gasteiger partial charge in [-0.25, -0.2) is 8.42 Å². The van der Waals surface area contributed by atoms with E-state index in [0.717, 1.165) is 16.9 Å². The number of nitrogens with one attached hydrogen (secondary N) is 2. The van der Waals surface area contributed by atoms with Gasteiger partial charge in [-0.2, -0.15) is 0 Å². The first kappa shape index (κ1) is 21.4. The molecule has 3 rings (SSSR count). The second-order valence-electron chi connectivity index (χ2n) is 7.09. The van der Waals surface area contributed by atoms with E-state index in [2.05, 4.69) is 10.6 Å². The molecule has 0 aliphatic carbocycles. The summed E-state index contributed by atoms with van der Waals surface area (Å²) in [6, 6.07) is 12.2. The zero-order valence-corrected chi connectivity index (χ0v) is 18.2. The standard InChI is InChI=1S/C21H24N2O4S2/c1-4-15-7-5-6-8-17(15)22-20(24)13(2)12-29(26,27)16-9-10-19-18(11-16)23-21(25)14(3)28-19/h5-11,13-14H,4,12H2,1-3H3,(H,22,24)(H,23,25)/t13-,14+/m0/s1. The van der Waals surface area contributed by atoms with Crippen molar-refractivity contribution in [1.29, 1.82) is 0 Å². The summed E-state index contributed by atoms with van der Waals surface area (Å²) in [6.45, 7) is 5.39. The van der Waals surface area contributed by atoms with Crippen molar-refractivity contribution in [3.8, 4) is 0 Å². The number of benzene rings is 2. The number of thioether (sulfide) groups is 1. The molecule has 6 nitrogen and oxygen atoms in total. The summed E-state index contributed by atoms with van der Waals surface area (Å²) in [5.74, 6) is -1.54. The summed E-state index contributed by atoms with van der Waals surface area (Å²) in [6.07, 6.45) is 0.764. The molecule has 0 saturated heterocycles. The van der Waals surface area contributed by atoms with Crippen LogP contribution in [0.1, 0.15) is 26.3 Å². The molecule has 1 aliphatic rings. The summed E-state index contributed by atoms with van der Waals surface area (Å²) in [5, 5.41) is 5.35. The van der Waals surface area contributed by atoms with Gasteiger partial charge in [0.25, 0.3) is 0 Å². The van der Waals surface area contributed by atoms with E-state index in [0.29, 0.717) is 11.4 Å². The van der Waals surface area contributed by atoms with Crippen molar-refractivity contribution >= 4 is 44.8 Å². The molecular formula is C21H24N2O4S2. The number of carbonyl (C=O) groups is 2. The largest absolute Gasteiger partial charge is 0.326 e. The highest BCUT2D eigenvalue weighted by Crippen LogP contribution is 2.37. The van der Waals surface area contributed by atoms with Crippen molar-refractivity contribution < 1.29 is 18.0 Å². The van der Waals surface area contributed by atoms with E-state index in [-0.39, 0.29) is 27.7 Å². The Labute approximate surface area is 175 Å². The third kappa shape index (κ3) is 4.82. The van der Waals surface area contributed by atoms with Crippen LogP contribution in [-0.2, 0) is 25.8 Å². The molecule has 0 bridgehead atoms. The minimum atomic E-state index is -3.70. The number of anilines is 2. The molecule has 8 heteroatoms. The molecule has 1 heterocycles. The predicted molar refractivity (Wildman–Crippen MR) is 116 cm³/mol. The minimum absolute atomic E-state index is 0.0975. The van der Waals surface area contributed by atoms with Crippen molar-refractivity contribution in [3.05, 3.63) is 48.0 Å². The van der Waals surface area contributed by atoms with Gasteiger partial charge >= 0.3 is 0 Å². The van der Waals surface area contributed by atoms with Crippen LogP contribution in [0.4, 0.5) is 11.4 Å². The first-order chi connectivity index (χ1) is 13.7. The van der Waals surface area contributed by atoms with Crippen LogP contribution in [0.3, 0.4) is 0 Å². The summed E-state index contributed by atoms with van der Waals surface area (Å²) in [5.41, 5.74) is 2.19. The minimum Gasteiger partial charge on any atom is -0.326 e. The van der Waals surface area contributed by atoms with E-state index in [1.54, 1.807) is 19.9 Å². The topological polar surface area (TPSA) is 92.3 Å². The predicted octanol–water partition coefficient (Wildman–Crippen LogP) is 3.73. The van der Waals surface area contributed by atoms with Crippen molar-refractivity contribution in [3.63, 3.8) is 0 Å². The van der Waals surface area contributed by atoms with Gasteiger partial charge in [0.2, 0.25) is 11.8 Å². The van der Waals surface area contributed by atoms with E-state index in [1.807, 2.05) is 31.2 Å². The first-order valence-electron chi connectivity index (χ1n) is 9.44. The van der Waals surface area contributed by atoms with Gasteiger partial charge in [0.15, 0.2) is 9.84 Å². The smallest absolute Gasteiger partial charge is 0.237 e. The Balaban J connectivity index is 1.74. The number of para-hydroxylation sites is 1. The van der Waals surface area contributed by atoms with Crippen molar-refractivity contribution in [2.24, 2.45) is 5.92 Å². The van der Waals surface area contributed by atoms with E-state index in [9.17, 15) is 18.0 Å². The van der Waals surface area contributed by atoms with Gasteiger partial charge in [0.1, 0.15) is 0 Å². The van der Waals surface area contributed by atoms with Crippen LogP contribution in [0.2, 0.25) is 0 Å². The zero-order valence-electron chi connectivity index (χ0n) is 16.6. The lowest BCUT2D eigenvalue weighted by Gasteiger charge is -2.22. The molecule has 2 aromatic carbocycles. The van der Waals surface area contributed by atoms with Gasteiger partial charge in [0.05, 0.1) is 21.6 Å². The van der Waals surface area contributed by atoms with E-state index < -0.39 is 15.8 Å². The maximum atomic E-state index is 12.9. The van der Waals surface area contributed by atoms with Crippen molar-refractivity contribution in [2.75, 3.05) is 16.4 Å². The highest BCUT2D eigenvalue weighted by Gasteiger charge is 2.27. The maximum absolute atomic E-state index is 12.9. The van der Waals surface area contributed by atoms with Crippen LogP contribution in [-0.4, -0.2) is 31.2 Å². The van der Waals surface area contributed by atoms with E-state index in [4.69, 9.17) is 0 Å². The fourth-order valence-electron chi connectivity index (χ4n) is 3.09. The average molecular weight is 433 g/mol. The number of sulfone groups is 1. The molecule has 0 spiro atoms. The first-order valence-corrected chi connectivity index (χ1v) is 12.0. The van der Waals surface area contributed by atoms with Gasteiger partial charge in [-0.05, 0) is 43.2 Å². The summed E-state index contributed by atoms with van der Waals surface area (Å²) < 4.78 is 25.7. The Bertz CT molecular complexity index is 1050. The molecule has 0 fully saturated rings. The van der Waals surface area contributed by atoms with Crippen LogP contribution < -0.4 is 10.6 Å². The average Bonchev–Trinajstić information content (AvgIpc) is 2.68. The molecule has 2 atom stereocenters. The number of hydrogen-bond donors (Lipinski definition) is 2. The Morgan fingerprint density at radius 1 is 1.24 bits per heavy atom. The molecule has 2 N–H and O–H groups in total. The molecule has 154 valence electrons. The Kier molecular flexibility index (Phi) is 6.33. The molecule has 0 aromatic heterocycles. The molecule has 0 saturated carbocycles. The second kappa shape index (κ2) is 8.59. The Morgan fingerprint density at radius 3 is 2.69 bits per heavy atom. The second-order valence-corrected chi connectivity index (χ2v) is 10.5. The third-order valence-corrected chi connectivity index (χ3v) is 7.90. The highest BCUT2D eigenvalue weighted by atomic mass is 32.2. The highest BCUT2D eigenvalue weighted by molar-refractivity contribution is 8.01. The number of fused-ring (bicyclic) bond motifs is 1. The van der Waals surface area contributed by atoms with Gasteiger partial charge in [0, 0.05) is 16.5 Å². The normalized spacial score (nSPS) is 17.2.